The van der Waals surface area contributed by atoms with E-state index in [0.717, 1.165) is 39.6 Å². The summed E-state index contributed by atoms with van der Waals surface area (Å²) in [5.74, 6) is 0.358. The second kappa shape index (κ2) is 7.44. The molecule has 2 heterocycles. The number of benzene rings is 3. The zero-order valence-electron chi connectivity index (χ0n) is 16.5. The first kappa shape index (κ1) is 18.1. The standard InChI is InChI=1S/C25H20N4O/c1-29-15-14-26-24(29)18-10-7-11-19(16-18)27-23(17-8-3-2-4-9-17)22-20-12-5-6-13-21(20)28-25(22)30/h2-16,22H,1H3,(H,28,30). The Kier molecular flexibility index (Phi) is 4.48. The highest BCUT2D eigenvalue weighted by Gasteiger charge is 2.35. The van der Waals surface area contributed by atoms with Crippen LogP contribution in [0.15, 0.2) is 96.2 Å². The van der Waals surface area contributed by atoms with Gasteiger partial charge in [0.25, 0.3) is 0 Å². The zero-order valence-corrected chi connectivity index (χ0v) is 16.5. The zero-order chi connectivity index (χ0) is 20.5. The van der Waals surface area contributed by atoms with Crippen molar-refractivity contribution in [3.8, 4) is 11.4 Å². The van der Waals surface area contributed by atoms with Crippen LogP contribution in [0.2, 0.25) is 0 Å². The number of para-hydroxylation sites is 1. The number of fused-ring (bicyclic) bond motifs is 1. The van der Waals surface area contributed by atoms with Gasteiger partial charge in [0, 0.05) is 30.7 Å². The lowest BCUT2D eigenvalue weighted by atomic mass is 9.90. The largest absolute Gasteiger partial charge is 0.334 e. The highest BCUT2D eigenvalue weighted by atomic mass is 16.2. The summed E-state index contributed by atoms with van der Waals surface area (Å²) in [6.07, 6.45) is 3.70. The number of anilines is 1. The number of aryl methyl sites for hydroxylation is 1. The molecule has 4 aromatic rings. The Bertz CT molecular complexity index is 1260. The molecule has 1 unspecified atom stereocenters. The first-order valence-corrected chi connectivity index (χ1v) is 9.82. The molecular weight excluding hydrogens is 372 g/mol. The molecule has 30 heavy (non-hydrogen) atoms. The van der Waals surface area contributed by atoms with E-state index in [1.54, 1.807) is 6.20 Å². The summed E-state index contributed by atoms with van der Waals surface area (Å²) in [4.78, 5) is 22.3. The van der Waals surface area contributed by atoms with Crippen molar-refractivity contribution < 1.29 is 4.79 Å². The Balaban J connectivity index is 1.65. The van der Waals surface area contributed by atoms with Crippen molar-refractivity contribution in [3.63, 3.8) is 0 Å². The van der Waals surface area contributed by atoms with E-state index in [1.165, 1.54) is 0 Å². The van der Waals surface area contributed by atoms with Gasteiger partial charge in [-0.15, -0.1) is 0 Å². The van der Waals surface area contributed by atoms with E-state index in [-0.39, 0.29) is 5.91 Å². The molecule has 1 aromatic heterocycles. The number of rotatable bonds is 4. The van der Waals surface area contributed by atoms with Crippen LogP contribution in [0.3, 0.4) is 0 Å². The van der Waals surface area contributed by atoms with E-state index in [9.17, 15) is 4.79 Å². The number of imidazole rings is 1. The molecule has 1 N–H and O–H groups in total. The molecule has 5 heteroatoms. The van der Waals surface area contributed by atoms with E-state index in [2.05, 4.69) is 10.3 Å². The van der Waals surface area contributed by atoms with E-state index in [0.29, 0.717) is 0 Å². The molecule has 1 atom stereocenters. The molecule has 0 spiro atoms. The highest BCUT2D eigenvalue weighted by Crippen LogP contribution is 2.36. The van der Waals surface area contributed by atoms with Crippen LogP contribution >= 0.6 is 0 Å². The van der Waals surface area contributed by atoms with Gasteiger partial charge in [-0.25, -0.2) is 4.98 Å². The first-order chi connectivity index (χ1) is 14.7. The fourth-order valence-electron chi connectivity index (χ4n) is 3.88. The summed E-state index contributed by atoms with van der Waals surface area (Å²) in [7, 11) is 1.97. The number of aromatic nitrogens is 2. The monoisotopic (exact) mass is 392 g/mol. The molecule has 0 aliphatic carbocycles. The molecule has 1 aliphatic heterocycles. The van der Waals surface area contributed by atoms with Crippen molar-refractivity contribution >= 4 is 23.0 Å². The van der Waals surface area contributed by atoms with Crippen LogP contribution in [0.25, 0.3) is 11.4 Å². The van der Waals surface area contributed by atoms with Crippen molar-refractivity contribution in [2.24, 2.45) is 12.0 Å². The predicted octanol–water partition coefficient (Wildman–Crippen LogP) is 4.94. The maximum Gasteiger partial charge on any atom is 0.238 e. The third-order valence-corrected chi connectivity index (χ3v) is 5.31. The van der Waals surface area contributed by atoms with Crippen molar-refractivity contribution in [2.45, 2.75) is 5.92 Å². The third kappa shape index (κ3) is 3.20. The number of nitrogens with zero attached hydrogens (tertiary/aromatic N) is 3. The van der Waals surface area contributed by atoms with Crippen molar-refractivity contribution in [2.75, 3.05) is 5.32 Å². The Hall–Kier alpha value is -3.99. The molecule has 146 valence electrons. The minimum Gasteiger partial charge on any atom is -0.334 e. The number of carbonyl (C=O) groups is 1. The molecule has 0 saturated heterocycles. The van der Waals surface area contributed by atoms with Crippen LogP contribution in [-0.4, -0.2) is 21.2 Å². The molecule has 0 radical (unpaired) electrons. The van der Waals surface area contributed by atoms with Crippen molar-refractivity contribution in [3.05, 3.63) is 102 Å². The average Bonchev–Trinajstić information content (AvgIpc) is 3.35. The topological polar surface area (TPSA) is 59.3 Å². The van der Waals surface area contributed by atoms with Crippen LogP contribution < -0.4 is 5.32 Å². The second-order valence-electron chi connectivity index (χ2n) is 7.28. The number of carbonyl (C=O) groups excluding carboxylic acids is 1. The molecule has 1 amide bonds. The van der Waals surface area contributed by atoms with Crippen molar-refractivity contribution in [1.29, 1.82) is 0 Å². The third-order valence-electron chi connectivity index (χ3n) is 5.31. The Morgan fingerprint density at radius 2 is 1.80 bits per heavy atom. The molecule has 0 fully saturated rings. The smallest absolute Gasteiger partial charge is 0.238 e. The van der Waals surface area contributed by atoms with Crippen LogP contribution in [0.4, 0.5) is 11.4 Å². The normalized spacial score (nSPS) is 15.7. The molecule has 3 aromatic carbocycles. The van der Waals surface area contributed by atoms with Gasteiger partial charge in [-0.05, 0) is 29.3 Å². The van der Waals surface area contributed by atoms with Gasteiger partial charge in [0.1, 0.15) is 11.7 Å². The summed E-state index contributed by atoms with van der Waals surface area (Å²) < 4.78 is 1.97. The number of hydrogen-bond donors (Lipinski definition) is 1. The quantitative estimate of drug-likeness (QED) is 0.500. The fourth-order valence-corrected chi connectivity index (χ4v) is 3.88. The van der Waals surface area contributed by atoms with Crippen LogP contribution in [-0.2, 0) is 11.8 Å². The van der Waals surface area contributed by atoms with E-state index >= 15 is 0 Å². The lowest BCUT2D eigenvalue weighted by molar-refractivity contribution is -0.115. The molecule has 5 nitrogen and oxygen atoms in total. The predicted molar refractivity (Wildman–Crippen MR) is 119 cm³/mol. The lowest BCUT2D eigenvalue weighted by Crippen LogP contribution is -2.21. The van der Waals surface area contributed by atoms with Crippen LogP contribution in [0.5, 0.6) is 0 Å². The lowest BCUT2D eigenvalue weighted by Gasteiger charge is -2.14. The SMILES string of the molecule is Cn1ccnc1-c1cccc(N=C(c2ccccc2)C2C(=O)Nc3ccccc32)c1. The Morgan fingerprint density at radius 1 is 1.00 bits per heavy atom. The maximum absolute atomic E-state index is 12.9. The van der Waals surface area contributed by atoms with Gasteiger partial charge in [-0.1, -0.05) is 60.7 Å². The van der Waals surface area contributed by atoms with Gasteiger partial charge in [0.15, 0.2) is 0 Å². The van der Waals surface area contributed by atoms with Gasteiger partial charge < -0.3 is 9.88 Å². The minimum absolute atomic E-state index is 0.0564. The number of amides is 1. The number of hydrogen-bond acceptors (Lipinski definition) is 3. The summed E-state index contributed by atoms with van der Waals surface area (Å²) in [5.41, 5.74) is 5.22. The van der Waals surface area contributed by atoms with Crippen LogP contribution in [0, 0.1) is 0 Å². The van der Waals surface area contributed by atoms with Gasteiger partial charge in [-0.3, -0.25) is 9.79 Å². The molecule has 1 aliphatic rings. The first-order valence-electron chi connectivity index (χ1n) is 9.82. The number of nitrogens with one attached hydrogen (secondary N) is 1. The average molecular weight is 392 g/mol. The summed E-state index contributed by atoms with van der Waals surface area (Å²) in [6, 6.07) is 25.6. The summed E-state index contributed by atoms with van der Waals surface area (Å²) >= 11 is 0. The van der Waals surface area contributed by atoms with Crippen LogP contribution in [0.1, 0.15) is 17.0 Å². The molecule has 0 bridgehead atoms. The molecule has 5 rings (SSSR count). The van der Waals surface area contributed by atoms with E-state index < -0.39 is 5.92 Å². The Labute approximate surface area is 174 Å². The highest BCUT2D eigenvalue weighted by molar-refractivity contribution is 6.24. The number of aliphatic imine (C=N–C) groups is 1. The summed E-state index contributed by atoms with van der Waals surface area (Å²) in [6.45, 7) is 0. The summed E-state index contributed by atoms with van der Waals surface area (Å²) in [5, 5.41) is 2.99. The minimum atomic E-state index is -0.458. The second-order valence-corrected chi connectivity index (χ2v) is 7.28. The van der Waals surface area contributed by atoms with E-state index in [4.69, 9.17) is 4.99 Å². The Morgan fingerprint density at radius 3 is 2.60 bits per heavy atom. The van der Waals surface area contributed by atoms with Crippen molar-refractivity contribution in [1.82, 2.24) is 9.55 Å². The molecular formula is C25H20N4O. The van der Waals surface area contributed by atoms with Gasteiger partial charge >= 0.3 is 0 Å². The fraction of sp³-hybridized carbons (Fsp3) is 0.0800. The van der Waals surface area contributed by atoms with Gasteiger partial charge in [0.2, 0.25) is 5.91 Å². The van der Waals surface area contributed by atoms with E-state index in [1.807, 2.05) is 96.7 Å². The maximum atomic E-state index is 12.9. The van der Waals surface area contributed by atoms with Gasteiger partial charge in [-0.2, -0.15) is 0 Å². The molecule has 0 saturated carbocycles. The van der Waals surface area contributed by atoms with Gasteiger partial charge in [0.05, 0.1) is 11.4 Å².